The monoisotopic (exact) mass is 313 g/mol. The first-order valence-electron chi connectivity index (χ1n) is 8.10. The van der Waals surface area contributed by atoms with Gasteiger partial charge in [-0.25, -0.2) is 0 Å². The Hall–Kier alpha value is -2.07. The summed E-state index contributed by atoms with van der Waals surface area (Å²) in [5.74, 6) is -0.0210. The summed E-state index contributed by atoms with van der Waals surface area (Å²) in [4.78, 5) is 12.5. The first-order chi connectivity index (χ1) is 10.8. The molecule has 0 fully saturated rings. The predicted octanol–water partition coefficient (Wildman–Crippen LogP) is 3.38. The number of rotatable bonds is 5. The zero-order chi connectivity index (χ0) is 17.1. The van der Waals surface area contributed by atoms with Crippen LogP contribution in [0.2, 0.25) is 0 Å². The number of nitrogens with two attached hydrogens (primary N) is 1. The van der Waals surface area contributed by atoms with Crippen LogP contribution in [0.15, 0.2) is 24.3 Å². The van der Waals surface area contributed by atoms with E-state index in [2.05, 4.69) is 29.8 Å². The number of amides is 1. The molecule has 1 aromatic carbocycles. The van der Waals surface area contributed by atoms with Gasteiger partial charge in [0.25, 0.3) is 5.91 Å². The normalized spacial score (nSPS) is 11.1. The highest BCUT2D eigenvalue weighted by Crippen LogP contribution is 2.20. The van der Waals surface area contributed by atoms with E-state index in [1.54, 1.807) is 0 Å². The molecule has 2 rings (SSSR count). The van der Waals surface area contributed by atoms with Crippen LogP contribution in [0.3, 0.4) is 0 Å². The second-order valence-electron chi connectivity index (χ2n) is 6.40. The quantitative estimate of drug-likeness (QED) is 0.889. The van der Waals surface area contributed by atoms with E-state index >= 15 is 0 Å². The molecule has 0 atom stereocenters. The van der Waals surface area contributed by atoms with E-state index in [0.717, 1.165) is 33.6 Å². The number of nitrogens with one attached hydrogen (secondary N) is 1. The van der Waals surface area contributed by atoms with Crippen LogP contribution in [0.25, 0.3) is 0 Å². The van der Waals surface area contributed by atoms with Crippen LogP contribution in [0, 0.1) is 20.8 Å². The van der Waals surface area contributed by atoms with E-state index < -0.39 is 0 Å². The number of benzene rings is 1. The molecule has 0 unspecified atom stereocenters. The minimum atomic E-state index is -0.0210. The Labute approximate surface area is 138 Å². The smallest absolute Gasteiger partial charge is 0.253 e. The third kappa shape index (κ3) is 3.64. The van der Waals surface area contributed by atoms with Gasteiger partial charge in [-0.3, -0.25) is 4.79 Å². The van der Waals surface area contributed by atoms with E-state index in [0.29, 0.717) is 19.1 Å². The van der Waals surface area contributed by atoms with Gasteiger partial charge in [0.15, 0.2) is 0 Å². The first-order valence-corrected chi connectivity index (χ1v) is 8.10. The molecule has 3 N–H and O–H groups in total. The minimum absolute atomic E-state index is 0.0210. The summed E-state index contributed by atoms with van der Waals surface area (Å²) in [6.07, 6.45) is 0. The third-order valence-corrected chi connectivity index (χ3v) is 4.33. The zero-order valence-corrected chi connectivity index (χ0v) is 14.7. The molecule has 0 radical (unpaired) electrons. The molecule has 0 aliphatic heterocycles. The SMILES string of the molecule is Cc1cc(CN)ccc1CNC(=O)c1cc(C)n(C(C)C)c1C. The topological polar surface area (TPSA) is 60.0 Å². The van der Waals surface area contributed by atoms with E-state index in [9.17, 15) is 4.79 Å². The zero-order valence-electron chi connectivity index (χ0n) is 14.7. The summed E-state index contributed by atoms with van der Waals surface area (Å²) in [5, 5.41) is 3.03. The van der Waals surface area contributed by atoms with Gasteiger partial charge in [-0.2, -0.15) is 0 Å². The lowest BCUT2D eigenvalue weighted by Crippen LogP contribution is -2.24. The summed E-state index contributed by atoms with van der Waals surface area (Å²) in [6, 6.07) is 8.44. The van der Waals surface area contributed by atoms with E-state index in [4.69, 9.17) is 5.73 Å². The van der Waals surface area contributed by atoms with Crippen molar-refractivity contribution < 1.29 is 4.79 Å². The highest BCUT2D eigenvalue weighted by atomic mass is 16.1. The molecule has 0 aliphatic carbocycles. The van der Waals surface area contributed by atoms with Crippen molar-refractivity contribution in [2.75, 3.05) is 0 Å². The maximum Gasteiger partial charge on any atom is 0.253 e. The molecule has 4 heteroatoms. The van der Waals surface area contributed by atoms with Crippen LogP contribution in [0.4, 0.5) is 0 Å². The van der Waals surface area contributed by atoms with Gasteiger partial charge in [-0.15, -0.1) is 0 Å². The standard InChI is InChI=1S/C19H27N3O/c1-12(2)22-14(4)9-18(15(22)5)19(23)21-11-17-7-6-16(10-20)8-13(17)3/h6-9,12H,10-11,20H2,1-5H3,(H,21,23). The number of aromatic nitrogens is 1. The molecular formula is C19H27N3O. The van der Waals surface area contributed by atoms with Crippen molar-refractivity contribution in [2.24, 2.45) is 5.73 Å². The molecule has 124 valence electrons. The van der Waals surface area contributed by atoms with Gasteiger partial charge in [0.1, 0.15) is 0 Å². The number of carbonyl (C=O) groups is 1. The van der Waals surface area contributed by atoms with Crippen LogP contribution >= 0.6 is 0 Å². The summed E-state index contributed by atoms with van der Waals surface area (Å²) in [6.45, 7) is 11.4. The maximum absolute atomic E-state index is 12.5. The number of hydrogen-bond donors (Lipinski definition) is 2. The fourth-order valence-electron chi connectivity index (χ4n) is 3.16. The highest BCUT2D eigenvalue weighted by Gasteiger charge is 2.17. The lowest BCUT2D eigenvalue weighted by atomic mass is 10.0. The molecule has 0 saturated heterocycles. The molecule has 2 aromatic rings. The lowest BCUT2D eigenvalue weighted by molar-refractivity contribution is 0.0950. The summed E-state index contributed by atoms with van der Waals surface area (Å²) < 4.78 is 2.19. The van der Waals surface area contributed by atoms with Crippen LogP contribution < -0.4 is 11.1 Å². The van der Waals surface area contributed by atoms with Crippen LogP contribution in [0.1, 0.15) is 58.3 Å². The van der Waals surface area contributed by atoms with Crippen molar-refractivity contribution in [1.29, 1.82) is 0 Å². The van der Waals surface area contributed by atoms with E-state index in [1.165, 1.54) is 0 Å². The average molecular weight is 313 g/mol. The van der Waals surface area contributed by atoms with Gasteiger partial charge in [0, 0.05) is 30.5 Å². The Morgan fingerprint density at radius 2 is 1.91 bits per heavy atom. The molecule has 0 spiro atoms. The average Bonchev–Trinajstić information content (AvgIpc) is 2.80. The molecule has 4 nitrogen and oxygen atoms in total. The molecule has 0 bridgehead atoms. The first kappa shape index (κ1) is 17.3. The Kier molecular flexibility index (Phi) is 5.26. The van der Waals surface area contributed by atoms with Crippen molar-refractivity contribution in [3.63, 3.8) is 0 Å². The molecule has 1 heterocycles. The van der Waals surface area contributed by atoms with Crippen molar-refractivity contribution in [2.45, 2.75) is 53.8 Å². The Morgan fingerprint density at radius 3 is 2.43 bits per heavy atom. The fourth-order valence-corrected chi connectivity index (χ4v) is 3.16. The Balaban J connectivity index is 2.13. The maximum atomic E-state index is 12.5. The van der Waals surface area contributed by atoms with Gasteiger partial charge in [-0.05, 0) is 57.4 Å². The largest absolute Gasteiger partial charge is 0.348 e. The fraction of sp³-hybridized carbons (Fsp3) is 0.421. The van der Waals surface area contributed by atoms with Crippen LogP contribution in [-0.2, 0) is 13.1 Å². The van der Waals surface area contributed by atoms with Crippen molar-refractivity contribution in [3.05, 3.63) is 57.9 Å². The summed E-state index contributed by atoms with van der Waals surface area (Å²) >= 11 is 0. The molecule has 1 aromatic heterocycles. The van der Waals surface area contributed by atoms with Gasteiger partial charge >= 0.3 is 0 Å². The summed E-state index contributed by atoms with van der Waals surface area (Å²) in [7, 11) is 0. The van der Waals surface area contributed by atoms with Gasteiger partial charge < -0.3 is 15.6 Å². The molecule has 1 amide bonds. The highest BCUT2D eigenvalue weighted by molar-refractivity contribution is 5.95. The van der Waals surface area contributed by atoms with Crippen molar-refractivity contribution >= 4 is 5.91 Å². The second-order valence-corrected chi connectivity index (χ2v) is 6.40. The molecular weight excluding hydrogens is 286 g/mol. The van der Waals surface area contributed by atoms with Gasteiger partial charge in [0.05, 0.1) is 5.56 Å². The number of aryl methyl sites for hydroxylation is 2. The van der Waals surface area contributed by atoms with Gasteiger partial charge in [0.2, 0.25) is 0 Å². The molecule has 0 aliphatic rings. The van der Waals surface area contributed by atoms with Crippen molar-refractivity contribution in [3.8, 4) is 0 Å². The number of carbonyl (C=O) groups excluding carboxylic acids is 1. The van der Waals surface area contributed by atoms with Crippen molar-refractivity contribution in [1.82, 2.24) is 9.88 Å². The summed E-state index contributed by atoms with van der Waals surface area (Å²) in [5.41, 5.74) is 11.9. The second kappa shape index (κ2) is 7.01. The Morgan fingerprint density at radius 1 is 1.22 bits per heavy atom. The molecule has 0 saturated carbocycles. The Bertz CT molecular complexity index is 714. The molecule has 23 heavy (non-hydrogen) atoms. The third-order valence-electron chi connectivity index (χ3n) is 4.33. The number of hydrogen-bond acceptors (Lipinski definition) is 2. The van der Waals surface area contributed by atoms with E-state index in [-0.39, 0.29) is 5.91 Å². The number of nitrogens with zero attached hydrogens (tertiary/aromatic N) is 1. The van der Waals surface area contributed by atoms with Crippen LogP contribution in [-0.4, -0.2) is 10.5 Å². The predicted molar refractivity (Wildman–Crippen MR) is 94.5 cm³/mol. The van der Waals surface area contributed by atoms with Crippen LogP contribution in [0.5, 0.6) is 0 Å². The van der Waals surface area contributed by atoms with E-state index in [1.807, 2.05) is 39.0 Å². The lowest BCUT2D eigenvalue weighted by Gasteiger charge is -2.14. The van der Waals surface area contributed by atoms with Gasteiger partial charge in [-0.1, -0.05) is 18.2 Å². The minimum Gasteiger partial charge on any atom is -0.348 e.